The Balaban J connectivity index is 2.39. The molecule has 0 saturated carbocycles. The minimum absolute atomic E-state index is 0.0289. The van der Waals surface area contributed by atoms with Crippen LogP contribution >= 0.6 is 0 Å². The molecule has 0 spiro atoms. The molecule has 0 aliphatic carbocycles. The zero-order chi connectivity index (χ0) is 14.2. The largest absolute Gasteiger partial charge is 0.480 e. The quantitative estimate of drug-likeness (QED) is 0.668. The molecular formula is C13H16N2O4. The van der Waals surface area contributed by atoms with Crippen LogP contribution in [-0.2, 0) is 4.79 Å². The minimum Gasteiger partial charge on any atom is -0.480 e. The molecule has 102 valence electrons. The molecular weight excluding hydrogens is 248 g/mol. The molecule has 1 aliphatic rings. The van der Waals surface area contributed by atoms with Gasteiger partial charge in [0.1, 0.15) is 6.04 Å². The summed E-state index contributed by atoms with van der Waals surface area (Å²) in [6.45, 7) is 4.17. The number of benzene rings is 1. The van der Waals surface area contributed by atoms with Gasteiger partial charge < -0.3 is 10.0 Å². The average molecular weight is 264 g/mol. The van der Waals surface area contributed by atoms with Gasteiger partial charge in [0.15, 0.2) is 0 Å². The first-order valence-corrected chi connectivity index (χ1v) is 6.16. The van der Waals surface area contributed by atoms with E-state index in [1.807, 2.05) is 6.92 Å². The zero-order valence-electron chi connectivity index (χ0n) is 10.9. The number of carboxylic acids is 1. The molecule has 0 aromatic heterocycles. The Morgan fingerprint density at radius 1 is 1.53 bits per heavy atom. The molecule has 0 amide bonds. The van der Waals surface area contributed by atoms with Crippen molar-refractivity contribution in [3.8, 4) is 0 Å². The molecule has 6 heteroatoms. The van der Waals surface area contributed by atoms with E-state index >= 15 is 0 Å². The Bertz CT molecular complexity index is 529. The summed E-state index contributed by atoms with van der Waals surface area (Å²) in [5.74, 6) is -0.842. The van der Waals surface area contributed by atoms with Crippen LogP contribution in [0.5, 0.6) is 0 Å². The minimum atomic E-state index is -0.881. The topological polar surface area (TPSA) is 83.7 Å². The summed E-state index contributed by atoms with van der Waals surface area (Å²) in [4.78, 5) is 23.5. The maximum atomic E-state index is 11.3. The summed E-state index contributed by atoms with van der Waals surface area (Å²) in [6, 6.07) is 4.26. The number of anilines is 1. The van der Waals surface area contributed by atoms with Crippen LogP contribution < -0.4 is 4.90 Å². The molecule has 1 aliphatic heterocycles. The summed E-state index contributed by atoms with van der Waals surface area (Å²) in [7, 11) is 0. The standard InChI is InChI=1S/C13H16N2O4/c1-8-3-4-10(7-11(8)15(18)19)14-6-5-9(2)12(14)13(16)17/h3-4,7,9,12H,5-6H2,1-2H3,(H,16,17). The molecule has 1 aromatic rings. The van der Waals surface area contributed by atoms with E-state index in [4.69, 9.17) is 0 Å². The van der Waals surface area contributed by atoms with Gasteiger partial charge in [-0.1, -0.05) is 13.0 Å². The van der Waals surface area contributed by atoms with Crippen molar-refractivity contribution < 1.29 is 14.8 Å². The summed E-state index contributed by atoms with van der Waals surface area (Å²) < 4.78 is 0. The third kappa shape index (κ3) is 2.38. The van der Waals surface area contributed by atoms with Gasteiger partial charge in [0.25, 0.3) is 5.69 Å². The van der Waals surface area contributed by atoms with E-state index in [-0.39, 0.29) is 11.6 Å². The van der Waals surface area contributed by atoms with Crippen LogP contribution in [0.3, 0.4) is 0 Å². The smallest absolute Gasteiger partial charge is 0.326 e. The highest BCUT2D eigenvalue weighted by Gasteiger charge is 2.37. The van der Waals surface area contributed by atoms with Crippen LogP contribution in [0.1, 0.15) is 18.9 Å². The number of rotatable bonds is 3. The Morgan fingerprint density at radius 2 is 2.21 bits per heavy atom. The van der Waals surface area contributed by atoms with Crippen molar-refractivity contribution in [2.45, 2.75) is 26.3 Å². The van der Waals surface area contributed by atoms with Gasteiger partial charge in [0.2, 0.25) is 0 Å². The van der Waals surface area contributed by atoms with Gasteiger partial charge in [-0.25, -0.2) is 4.79 Å². The van der Waals surface area contributed by atoms with Crippen LogP contribution in [0.15, 0.2) is 18.2 Å². The summed E-state index contributed by atoms with van der Waals surface area (Å²) in [5.41, 5.74) is 1.21. The molecule has 2 rings (SSSR count). The number of aryl methyl sites for hydroxylation is 1. The fourth-order valence-electron chi connectivity index (χ4n) is 2.59. The predicted octanol–water partition coefficient (Wildman–Crippen LogP) is 2.20. The van der Waals surface area contributed by atoms with Crippen molar-refractivity contribution in [3.63, 3.8) is 0 Å². The fraction of sp³-hybridized carbons (Fsp3) is 0.462. The van der Waals surface area contributed by atoms with Crippen molar-refractivity contribution in [2.24, 2.45) is 5.92 Å². The molecule has 0 radical (unpaired) electrons. The number of nitrogens with zero attached hydrogens (tertiary/aromatic N) is 2. The molecule has 0 bridgehead atoms. The van der Waals surface area contributed by atoms with E-state index in [0.29, 0.717) is 17.8 Å². The second-order valence-electron chi connectivity index (χ2n) is 4.97. The molecule has 2 unspecified atom stereocenters. The summed E-state index contributed by atoms with van der Waals surface area (Å²) >= 11 is 0. The van der Waals surface area contributed by atoms with Crippen LogP contribution in [0, 0.1) is 23.0 Å². The van der Waals surface area contributed by atoms with E-state index in [2.05, 4.69) is 0 Å². The van der Waals surface area contributed by atoms with Gasteiger partial charge in [-0.3, -0.25) is 10.1 Å². The van der Waals surface area contributed by atoms with E-state index in [9.17, 15) is 20.0 Å². The lowest BCUT2D eigenvalue weighted by molar-refractivity contribution is -0.385. The number of carboxylic acid groups (broad SMARTS) is 1. The number of nitro groups is 1. The first-order chi connectivity index (χ1) is 8.91. The van der Waals surface area contributed by atoms with Crippen molar-refractivity contribution >= 4 is 17.3 Å². The SMILES string of the molecule is Cc1ccc(N2CCC(C)C2C(=O)O)cc1[N+](=O)[O-]. The average Bonchev–Trinajstić information content (AvgIpc) is 2.71. The predicted molar refractivity (Wildman–Crippen MR) is 70.4 cm³/mol. The Labute approximate surface area is 110 Å². The number of nitro benzene ring substituents is 1. The molecule has 6 nitrogen and oxygen atoms in total. The van der Waals surface area contributed by atoms with Gasteiger partial charge in [0, 0.05) is 23.9 Å². The van der Waals surface area contributed by atoms with Gasteiger partial charge >= 0.3 is 5.97 Å². The first-order valence-electron chi connectivity index (χ1n) is 6.16. The number of aliphatic carboxylic acids is 1. The van der Waals surface area contributed by atoms with Gasteiger partial charge in [-0.05, 0) is 25.3 Å². The van der Waals surface area contributed by atoms with Crippen LogP contribution in [0.4, 0.5) is 11.4 Å². The zero-order valence-corrected chi connectivity index (χ0v) is 10.9. The van der Waals surface area contributed by atoms with E-state index in [1.54, 1.807) is 24.0 Å². The third-order valence-electron chi connectivity index (χ3n) is 3.67. The number of hydrogen-bond donors (Lipinski definition) is 1. The molecule has 1 fully saturated rings. The van der Waals surface area contributed by atoms with Crippen LogP contribution in [0.2, 0.25) is 0 Å². The lowest BCUT2D eigenvalue weighted by Gasteiger charge is -2.25. The molecule has 1 N–H and O–H groups in total. The maximum absolute atomic E-state index is 11.3. The monoisotopic (exact) mass is 264 g/mol. The van der Waals surface area contributed by atoms with Gasteiger partial charge in [-0.2, -0.15) is 0 Å². The molecule has 1 aromatic carbocycles. The molecule has 1 heterocycles. The molecule has 19 heavy (non-hydrogen) atoms. The van der Waals surface area contributed by atoms with Gasteiger partial charge in [-0.15, -0.1) is 0 Å². The highest BCUT2D eigenvalue weighted by molar-refractivity contribution is 5.80. The van der Waals surface area contributed by atoms with Crippen LogP contribution in [0.25, 0.3) is 0 Å². The second-order valence-corrected chi connectivity index (χ2v) is 4.97. The van der Waals surface area contributed by atoms with Crippen molar-refractivity contribution in [1.82, 2.24) is 0 Å². The maximum Gasteiger partial charge on any atom is 0.326 e. The Morgan fingerprint density at radius 3 is 2.79 bits per heavy atom. The number of carbonyl (C=O) groups is 1. The van der Waals surface area contributed by atoms with E-state index < -0.39 is 16.9 Å². The number of hydrogen-bond acceptors (Lipinski definition) is 4. The Hall–Kier alpha value is -2.11. The Kier molecular flexibility index (Phi) is 3.42. The summed E-state index contributed by atoms with van der Waals surface area (Å²) in [6.07, 6.45) is 0.776. The van der Waals surface area contributed by atoms with Gasteiger partial charge in [0.05, 0.1) is 4.92 Å². The van der Waals surface area contributed by atoms with E-state index in [1.165, 1.54) is 6.07 Å². The molecule has 1 saturated heterocycles. The van der Waals surface area contributed by atoms with Crippen LogP contribution in [-0.4, -0.2) is 28.6 Å². The summed E-state index contributed by atoms with van der Waals surface area (Å²) in [5, 5.41) is 20.2. The van der Waals surface area contributed by atoms with Crippen molar-refractivity contribution in [3.05, 3.63) is 33.9 Å². The fourth-order valence-corrected chi connectivity index (χ4v) is 2.59. The van der Waals surface area contributed by atoms with Crippen molar-refractivity contribution in [1.29, 1.82) is 0 Å². The first kappa shape index (κ1) is 13.3. The lowest BCUT2D eigenvalue weighted by Crippen LogP contribution is -2.39. The highest BCUT2D eigenvalue weighted by Crippen LogP contribution is 2.32. The molecule has 2 atom stereocenters. The van der Waals surface area contributed by atoms with Crippen molar-refractivity contribution in [2.75, 3.05) is 11.4 Å². The van der Waals surface area contributed by atoms with E-state index in [0.717, 1.165) is 6.42 Å². The second kappa shape index (κ2) is 4.87. The highest BCUT2D eigenvalue weighted by atomic mass is 16.6. The normalized spacial score (nSPS) is 22.5. The lowest BCUT2D eigenvalue weighted by atomic mass is 10.0. The third-order valence-corrected chi connectivity index (χ3v) is 3.67.